The van der Waals surface area contributed by atoms with Gasteiger partial charge in [-0.25, -0.2) is 9.78 Å². The quantitative estimate of drug-likeness (QED) is 0.625. The lowest BCUT2D eigenvalue weighted by Crippen LogP contribution is -2.37. The number of hydrogen-bond acceptors (Lipinski definition) is 6. The van der Waals surface area contributed by atoms with Crippen LogP contribution in [0.1, 0.15) is 31.9 Å². The van der Waals surface area contributed by atoms with Crippen molar-refractivity contribution in [2.75, 3.05) is 6.54 Å². The first-order valence-corrected chi connectivity index (χ1v) is 10.5. The molecule has 0 amide bonds. The summed E-state index contributed by atoms with van der Waals surface area (Å²) in [5.41, 5.74) is 4.50. The summed E-state index contributed by atoms with van der Waals surface area (Å²) in [6.45, 7) is 7.78. The third kappa shape index (κ3) is 4.89. The molecule has 2 N–H and O–H groups in total. The molecule has 7 heteroatoms. The fourth-order valence-corrected chi connectivity index (χ4v) is 3.86. The lowest BCUT2D eigenvalue weighted by atomic mass is 9.96. The largest absolute Gasteiger partial charge is 0.509 e. The van der Waals surface area contributed by atoms with Gasteiger partial charge in [0.05, 0.1) is 5.69 Å². The van der Waals surface area contributed by atoms with Gasteiger partial charge in [-0.2, -0.15) is 0 Å². The van der Waals surface area contributed by atoms with Crippen LogP contribution in [0.4, 0.5) is 4.79 Å². The second kappa shape index (κ2) is 8.32. The van der Waals surface area contributed by atoms with Gasteiger partial charge in [-0.05, 0) is 63.4 Å². The highest BCUT2D eigenvalue weighted by Crippen LogP contribution is 2.25. The average molecular weight is 424 g/mol. The summed E-state index contributed by atoms with van der Waals surface area (Å²) in [6, 6.07) is 12.0. The standard InChI is InChI=1S/C24H29N3O4/c1-15-11-17(19-14-27-10-6-5-7-21(27)26-19)9-8-16(15)12-18-22(28)20(13-25-18)30-23(29)31-24(2,3)4/h5-11,14,18,20,22,25,28H,12-13H2,1-4H3/t18-,20+,22+/m1/s1. The SMILES string of the molecule is Cc1cc(-c2cn3ccccc3n2)ccc1C[C@H]1NC[C@H](OC(=O)OC(C)(C)C)[C@H]1O. The number of nitrogens with zero attached hydrogens (tertiary/aromatic N) is 2. The zero-order valence-electron chi connectivity index (χ0n) is 18.3. The number of aryl methyl sites for hydroxylation is 1. The van der Waals surface area contributed by atoms with Crippen LogP contribution in [0.5, 0.6) is 0 Å². The summed E-state index contributed by atoms with van der Waals surface area (Å²) in [4.78, 5) is 16.6. The van der Waals surface area contributed by atoms with Crippen LogP contribution < -0.4 is 5.32 Å². The number of nitrogens with one attached hydrogen (secondary N) is 1. The molecule has 0 spiro atoms. The highest BCUT2D eigenvalue weighted by atomic mass is 16.7. The number of benzene rings is 1. The molecule has 4 rings (SSSR count). The molecular weight excluding hydrogens is 394 g/mol. The maximum Gasteiger partial charge on any atom is 0.509 e. The molecule has 0 aliphatic carbocycles. The number of ether oxygens (including phenoxy) is 2. The van der Waals surface area contributed by atoms with Crippen molar-refractivity contribution in [2.45, 2.75) is 58.0 Å². The first kappa shape index (κ1) is 21.3. The Morgan fingerprint density at radius 3 is 2.81 bits per heavy atom. The molecule has 3 heterocycles. The number of aliphatic hydroxyl groups is 1. The zero-order valence-corrected chi connectivity index (χ0v) is 18.3. The van der Waals surface area contributed by atoms with E-state index in [0.29, 0.717) is 13.0 Å². The molecule has 164 valence electrons. The molecule has 0 unspecified atom stereocenters. The van der Waals surface area contributed by atoms with Gasteiger partial charge in [0, 0.05) is 30.5 Å². The zero-order chi connectivity index (χ0) is 22.2. The summed E-state index contributed by atoms with van der Waals surface area (Å²) in [7, 11) is 0. The molecule has 3 atom stereocenters. The van der Waals surface area contributed by atoms with Crippen LogP contribution in [0.2, 0.25) is 0 Å². The van der Waals surface area contributed by atoms with Gasteiger partial charge in [0.1, 0.15) is 23.5 Å². The minimum atomic E-state index is -0.801. The number of aliphatic hydroxyl groups excluding tert-OH is 1. The van der Waals surface area contributed by atoms with Crippen LogP contribution in [-0.4, -0.2) is 51.0 Å². The van der Waals surface area contributed by atoms with Gasteiger partial charge in [-0.3, -0.25) is 0 Å². The Hall–Kier alpha value is -2.90. The third-order valence-corrected chi connectivity index (χ3v) is 5.45. The smallest absolute Gasteiger partial charge is 0.429 e. The van der Waals surface area contributed by atoms with Gasteiger partial charge in [0.25, 0.3) is 0 Å². The number of aromatic nitrogens is 2. The Morgan fingerprint density at radius 1 is 1.29 bits per heavy atom. The molecule has 7 nitrogen and oxygen atoms in total. The number of carbonyl (C=O) groups excluding carboxylic acids is 1. The van der Waals surface area contributed by atoms with Gasteiger partial charge in [-0.1, -0.05) is 18.2 Å². The van der Waals surface area contributed by atoms with E-state index in [0.717, 1.165) is 28.0 Å². The molecule has 2 aromatic heterocycles. The number of hydrogen-bond donors (Lipinski definition) is 2. The minimum Gasteiger partial charge on any atom is -0.429 e. The van der Waals surface area contributed by atoms with Gasteiger partial charge in [0.15, 0.2) is 0 Å². The number of pyridine rings is 1. The van der Waals surface area contributed by atoms with E-state index < -0.39 is 24.0 Å². The lowest BCUT2D eigenvalue weighted by molar-refractivity contribution is -0.0486. The molecule has 0 saturated carbocycles. The van der Waals surface area contributed by atoms with E-state index in [9.17, 15) is 9.90 Å². The van der Waals surface area contributed by atoms with E-state index in [4.69, 9.17) is 9.47 Å². The molecule has 1 saturated heterocycles. The molecule has 1 aromatic carbocycles. The van der Waals surface area contributed by atoms with Crippen LogP contribution in [0, 0.1) is 6.92 Å². The predicted molar refractivity (Wildman–Crippen MR) is 118 cm³/mol. The Labute approximate surface area is 182 Å². The van der Waals surface area contributed by atoms with Crippen LogP contribution in [0.3, 0.4) is 0 Å². The van der Waals surface area contributed by atoms with Crippen LogP contribution in [-0.2, 0) is 15.9 Å². The second-order valence-electron chi connectivity index (χ2n) is 9.06. The van der Waals surface area contributed by atoms with Gasteiger partial charge in [-0.15, -0.1) is 0 Å². The average Bonchev–Trinajstić information content (AvgIpc) is 3.27. The van der Waals surface area contributed by atoms with E-state index in [2.05, 4.69) is 35.4 Å². The molecule has 1 aliphatic rings. The Kier molecular flexibility index (Phi) is 5.73. The predicted octanol–water partition coefficient (Wildman–Crippen LogP) is 3.51. The normalized spacial score (nSPS) is 21.4. The monoisotopic (exact) mass is 423 g/mol. The highest BCUT2D eigenvalue weighted by Gasteiger charge is 2.38. The number of rotatable bonds is 4. The summed E-state index contributed by atoms with van der Waals surface area (Å²) in [6.07, 6.45) is 2.45. The summed E-state index contributed by atoms with van der Waals surface area (Å²) < 4.78 is 12.5. The maximum atomic E-state index is 11.9. The fraction of sp³-hybridized carbons (Fsp3) is 0.417. The number of carbonyl (C=O) groups is 1. The fourth-order valence-electron chi connectivity index (χ4n) is 3.86. The highest BCUT2D eigenvalue weighted by molar-refractivity contribution is 5.64. The minimum absolute atomic E-state index is 0.202. The first-order valence-electron chi connectivity index (χ1n) is 10.5. The van der Waals surface area contributed by atoms with Crippen LogP contribution >= 0.6 is 0 Å². The molecular formula is C24H29N3O4. The molecule has 3 aromatic rings. The summed E-state index contributed by atoms with van der Waals surface area (Å²) in [5.74, 6) is 0. The van der Waals surface area contributed by atoms with Crippen molar-refractivity contribution in [2.24, 2.45) is 0 Å². The Bertz CT molecular complexity index is 1050. The topological polar surface area (TPSA) is 85.1 Å². The van der Waals surface area contributed by atoms with E-state index in [1.807, 2.05) is 35.0 Å². The number of imidazole rings is 1. The van der Waals surface area contributed by atoms with E-state index in [1.165, 1.54) is 0 Å². The summed E-state index contributed by atoms with van der Waals surface area (Å²) in [5, 5.41) is 13.9. The van der Waals surface area contributed by atoms with Crippen molar-refractivity contribution in [3.8, 4) is 11.3 Å². The molecule has 31 heavy (non-hydrogen) atoms. The summed E-state index contributed by atoms with van der Waals surface area (Å²) >= 11 is 0. The van der Waals surface area contributed by atoms with Crippen molar-refractivity contribution in [1.82, 2.24) is 14.7 Å². The van der Waals surface area contributed by atoms with Crippen LogP contribution in [0.25, 0.3) is 16.9 Å². The first-order chi connectivity index (χ1) is 14.7. The van der Waals surface area contributed by atoms with Crippen molar-refractivity contribution >= 4 is 11.8 Å². The van der Waals surface area contributed by atoms with Crippen molar-refractivity contribution < 1.29 is 19.4 Å². The van der Waals surface area contributed by atoms with E-state index in [-0.39, 0.29) is 6.04 Å². The van der Waals surface area contributed by atoms with E-state index >= 15 is 0 Å². The van der Waals surface area contributed by atoms with Gasteiger partial charge in [0.2, 0.25) is 0 Å². The lowest BCUT2D eigenvalue weighted by Gasteiger charge is -2.23. The van der Waals surface area contributed by atoms with E-state index in [1.54, 1.807) is 20.8 Å². The van der Waals surface area contributed by atoms with Gasteiger partial charge >= 0.3 is 6.16 Å². The molecule has 0 bridgehead atoms. The molecule has 1 fully saturated rings. The third-order valence-electron chi connectivity index (χ3n) is 5.45. The second-order valence-corrected chi connectivity index (χ2v) is 9.06. The van der Waals surface area contributed by atoms with Crippen molar-refractivity contribution in [3.05, 3.63) is 59.9 Å². The van der Waals surface area contributed by atoms with Crippen molar-refractivity contribution in [1.29, 1.82) is 0 Å². The Morgan fingerprint density at radius 2 is 2.10 bits per heavy atom. The van der Waals surface area contributed by atoms with Gasteiger partial charge < -0.3 is 24.3 Å². The number of fused-ring (bicyclic) bond motifs is 1. The molecule has 1 aliphatic heterocycles. The van der Waals surface area contributed by atoms with Crippen LogP contribution in [0.15, 0.2) is 48.8 Å². The van der Waals surface area contributed by atoms with Crippen molar-refractivity contribution in [3.63, 3.8) is 0 Å². The molecule has 0 radical (unpaired) electrons. The maximum absolute atomic E-state index is 11.9. The Balaban J connectivity index is 1.42.